The molecule has 0 aliphatic rings. The molecule has 31 heavy (non-hydrogen) atoms. The van der Waals surface area contributed by atoms with Crippen LogP contribution in [0.2, 0.25) is 0 Å². The predicted molar refractivity (Wildman–Crippen MR) is 87.4 cm³/mol. The van der Waals surface area contributed by atoms with Gasteiger partial charge in [-0.25, -0.2) is 12.8 Å². The van der Waals surface area contributed by atoms with Gasteiger partial charge in [0.1, 0.15) is 0 Å². The van der Waals surface area contributed by atoms with Gasteiger partial charge in [-0.05, 0) is 34.6 Å². The summed E-state index contributed by atoms with van der Waals surface area (Å²) in [7, 11) is -7.65. The van der Waals surface area contributed by atoms with Crippen LogP contribution in [0.1, 0.15) is 34.6 Å². The highest BCUT2D eigenvalue weighted by Crippen LogP contribution is 2.58. The van der Waals surface area contributed by atoms with Gasteiger partial charge in [0, 0.05) is 0 Å². The molecule has 0 saturated carbocycles. The average Bonchev–Trinajstić information content (AvgIpc) is 2.63. The Morgan fingerprint density at radius 1 is 0.710 bits per heavy atom. The zero-order valence-electron chi connectivity index (χ0n) is 17.1. The van der Waals surface area contributed by atoms with Gasteiger partial charge in [-0.1, -0.05) is 0 Å². The van der Waals surface area contributed by atoms with Gasteiger partial charge in [0.15, 0.2) is 16.3 Å². The van der Waals surface area contributed by atoms with Crippen molar-refractivity contribution in [3.05, 3.63) is 0 Å². The van der Waals surface area contributed by atoms with Crippen molar-refractivity contribution in [3.8, 4) is 0 Å². The molecule has 0 rings (SSSR count). The van der Waals surface area contributed by atoms with Crippen molar-refractivity contribution in [2.24, 2.45) is 0 Å². The minimum Gasteiger partial charge on any atom is -0.743 e. The van der Waals surface area contributed by atoms with Crippen LogP contribution in [0.25, 0.3) is 0 Å². The number of hydrogen-bond acceptors (Lipinski definition) is 3. The third-order valence-electron chi connectivity index (χ3n) is 5.07. The minimum atomic E-state index is -7.79. The molecular formula is C15H24F11NO3S. The van der Waals surface area contributed by atoms with Gasteiger partial charge < -0.3 is 9.04 Å². The summed E-state index contributed by atoms with van der Waals surface area (Å²) in [5.41, 5.74) is 0. The van der Waals surface area contributed by atoms with Crippen molar-refractivity contribution >= 4 is 10.1 Å². The lowest BCUT2D eigenvalue weighted by molar-refractivity contribution is -0.921. The van der Waals surface area contributed by atoms with E-state index in [1.807, 2.05) is 0 Å². The summed E-state index contributed by atoms with van der Waals surface area (Å²) in [5.74, 6) is -29.6. The Balaban J connectivity index is 0. The maximum Gasteiger partial charge on any atom is 0.402 e. The molecule has 0 aromatic heterocycles. The molecule has 190 valence electrons. The summed E-state index contributed by atoms with van der Waals surface area (Å²) in [4.78, 5) is 0. The quantitative estimate of drug-likeness (QED) is 0.240. The van der Waals surface area contributed by atoms with Crippen molar-refractivity contribution in [2.75, 3.05) is 26.2 Å². The molecule has 0 saturated heterocycles. The van der Waals surface area contributed by atoms with Crippen LogP contribution in [0.5, 0.6) is 0 Å². The first kappa shape index (κ1) is 32.3. The van der Waals surface area contributed by atoms with Gasteiger partial charge in [-0.15, -0.1) is 0 Å². The van der Waals surface area contributed by atoms with E-state index in [2.05, 4.69) is 27.7 Å². The topological polar surface area (TPSA) is 57.2 Å². The van der Waals surface area contributed by atoms with Crippen LogP contribution in [0.15, 0.2) is 0 Å². The van der Waals surface area contributed by atoms with E-state index in [1.54, 1.807) is 0 Å². The Bertz CT molecular complexity index is 660. The SMILES string of the molecule is CC(F)C(F)(F)C(F)(F)C(F)(F)C(F)(F)C(F)(F)S(=O)(=O)[O-].CC[N+](CC)(CC)CC. The van der Waals surface area contributed by atoms with Crippen molar-refractivity contribution in [1.29, 1.82) is 0 Å². The molecule has 16 heteroatoms. The molecule has 0 radical (unpaired) electrons. The Morgan fingerprint density at radius 2 is 1.00 bits per heavy atom. The van der Waals surface area contributed by atoms with Crippen LogP contribution >= 0.6 is 0 Å². The molecule has 0 N–H and O–H groups in total. The largest absolute Gasteiger partial charge is 0.743 e. The highest BCUT2D eigenvalue weighted by Gasteiger charge is 2.88. The molecule has 4 nitrogen and oxygen atoms in total. The van der Waals surface area contributed by atoms with Crippen LogP contribution in [0.4, 0.5) is 48.3 Å². The molecule has 0 heterocycles. The number of nitrogens with zero attached hydrogens (tertiary/aromatic N) is 1. The third kappa shape index (κ3) is 5.54. The number of quaternary nitrogens is 1. The second-order valence-electron chi connectivity index (χ2n) is 6.54. The van der Waals surface area contributed by atoms with E-state index >= 15 is 0 Å². The molecule has 0 aliphatic heterocycles. The van der Waals surface area contributed by atoms with E-state index in [0.717, 1.165) is 0 Å². The van der Waals surface area contributed by atoms with Crippen molar-refractivity contribution in [1.82, 2.24) is 0 Å². The van der Waals surface area contributed by atoms with Gasteiger partial charge in [0.05, 0.1) is 26.2 Å². The molecule has 0 spiro atoms. The van der Waals surface area contributed by atoms with Crippen LogP contribution in [-0.2, 0) is 10.1 Å². The van der Waals surface area contributed by atoms with Crippen LogP contribution < -0.4 is 0 Å². The molecule has 0 aromatic rings. The van der Waals surface area contributed by atoms with Crippen molar-refractivity contribution < 1.29 is 65.7 Å². The fourth-order valence-electron chi connectivity index (χ4n) is 2.34. The number of rotatable bonds is 10. The van der Waals surface area contributed by atoms with Gasteiger partial charge in [0.25, 0.3) is 0 Å². The summed E-state index contributed by atoms with van der Waals surface area (Å²) in [6, 6.07) is 0. The summed E-state index contributed by atoms with van der Waals surface area (Å²) in [5, 5.41) is -7.37. The number of alkyl halides is 11. The fourth-order valence-corrected chi connectivity index (χ4v) is 2.78. The Morgan fingerprint density at radius 3 is 1.16 bits per heavy atom. The lowest BCUT2D eigenvalue weighted by atomic mass is 9.96. The first-order chi connectivity index (χ1) is 13.4. The summed E-state index contributed by atoms with van der Waals surface area (Å²) in [6.45, 7) is 13.8. The molecule has 1 atom stereocenters. The second kappa shape index (κ2) is 9.93. The van der Waals surface area contributed by atoms with Crippen molar-refractivity contribution in [2.45, 2.75) is 69.7 Å². The molecule has 0 fully saturated rings. The zero-order valence-corrected chi connectivity index (χ0v) is 18.0. The van der Waals surface area contributed by atoms with Gasteiger partial charge in [-0.3, -0.25) is 0 Å². The highest BCUT2D eigenvalue weighted by atomic mass is 32.2. The van der Waals surface area contributed by atoms with E-state index < -0.39 is 52.2 Å². The molecular weight excluding hydrogens is 483 g/mol. The Kier molecular flexibility index (Phi) is 10.3. The van der Waals surface area contributed by atoms with E-state index in [0.29, 0.717) is 0 Å². The lowest BCUT2D eigenvalue weighted by Gasteiger charge is -2.40. The average molecular weight is 507 g/mol. The predicted octanol–water partition coefficient (Wildman–Crippen LogP) is 4.91. The van der Waals surface area contributed by atoms with Crippen LogP contribution in [-0.4, -0.2) is 78.7 Å². The first-order valence-electron chi connectivity index (χ1n) is 8.77. The summed E-state index contributed by atoms with van der Waals surface area (Å²) in [6.07, 6.45) is -4.21. The van der Waals surface area contributed by atoms with E-state index in [-0.39, 0.29) is 0 Å². The molecule has 0 aliphatic carbocycles. The molecule has 0 amide bonds. The summed E-state index contributed by atoms with van der Waals surface area (Å²) < 4.78 is 170. The van der Waals surface area contributed by atoms with Gasteiger partial charge in [0.2, 0.25) is 0 Å². The van der Waals surface area contributed by atoms with Gasteiger partial charge >= 0.3 is 28.9 Å². The third-order valence-corrected chi connectivity index (χ3v) is 5.95. The zero-order chi connectivity index (χ0) is 25.9. The van der Waals surface area contributed by atoms with E-state index in [4.69, 9.17) is 0 Å². The molecule has 0 aromatic carbocycles. The minimum absolute atomic E-state index is 0.468. The summed E-state index contributed by atoms with van der Waals surface area (Å²) >= 11 is 0. The molecule has 1 unspecified atom stereocenters. The highest BCUT2D eigenvalue weighted by molar-refractivity contribution is 7.86. The Hall–Kier alpha value is -0.900. The standard InChI is InChI=1S/C8H20N.C7H5F11O3S/c1-5-9(6-2,7-3)8-4;1-2(8)3(9,10)4(11,12)5(13,14)6(15,16)7(17,18)22(19,20)21/h5-8H2,1-4H3;2H,1H3,(H,19,20,21)/q+1;/p-1. The number of halogens is 11. The van der Waals surface area contributed by atoms with E-state index in [1.165, 1.54) is 30.7 Å². The lowest BCUT2D eigenvalue weighted by Crippen LogP contribution is -2.69. The monoisotopic (exact) mass is 507 g/mol. The normalized spacial score (nSPS) is 15.9. The van der Waals surface area contributed by atoms with Crippen LogP contribution in [0.3, 0.4) is 0 Å². The molecule has 0 bridgehead atoms. The van der Waals surface area contributed by atoms with Gasteiger partial charge in [-0.2, -0.15) is 43.9 Å². The van der Waals surface area contributed by atoms with Crippen molar-refractivity contribution in [3.63, 3.8) is 0 Å². The first-order valence-corrected chi connectivity index (χ1v) is 10.2. The number of hydrogen-bond donors (Lipinski definition) is 0. The maximum atomic E-state index is 12.8. The van der Waals surface area contributed by atoms with Crippen LogP contribution in [0, 0.1) is 0 Å². The maximum absolute atomic E-state index is 12.8. The smallest absolute Gasteiger partial charge is 0.402 e. The Labute approximate surface area is 172 Å². The van der Waals surface area contributed by atoms with E-state index in [9.17, 15) is 61.3 Å². The fraction of sp³-hybridized carbons (Fsp3) is 1.00. The second-order valence-corrected chi connectivity index (χ2v) is 7.96.